The third-order valence-electron chi connectivity index (χ3n) is 4.42. The average Bonchev–Trinajstić information content (AvgIpc) is 2.68. The molecule has 0 bridgehead atoms. The molecule has 0 atom stereocenters. The molecule has 0 aliphatic carbocycles. The molecule has 0 aliphatic heterocycles. The van der Waals surface area contributed by atoms with E-state index in [0.717, 1.165) is 27.4 Å². The fourth-order valence-electron chi connectivity index (χ4n) is 3.11. The van der Waals surface area contributed by atoms with Crippen molar-refractivity contribution >= 4 is 35.0 Å². The van der Waals surface area contributed by atoms with Gasteiger partial charge in [0.2, 0.25) is 11.3 Å². The summed E-state index contributed by atoms with van der Waals surface area (Å²) in [5.74, 6) is 0.551. The maximum Gasteiger partial charge on any atom is 0.244 e. The van der Waals surface area contributed by atoms with Crippen molar-refractivity contribution in [3.8, 4) is 5.75 Å². The molecule has 0 unspecified atom stereocenters. The Balaban J connectivity index is 1.79. The van der Waals surface area contributed by atoms with Crippen LogP contribution in [0.25, 0.3) is 0 Å². The monoisotopic (exact) mass is 442 g/mol. The molecule has 0 saturated heterocycles. The number of benzene rings is 2. The summed E-state index contributed by atoms with van der Waals surface area (Å²) in [4.78, 5) is 26.0. The number of carbonyl (C=O) groups is 1. The molecule has 3 aromatic rings. The standard InChI is InChI=1S/C23H23ClN2O3S/c1-15-8-16(2)10-18(9-15)25-23(28)13-26-12-22(29-3)21(27)11-19(26)14-30-20-6-4-17(24)5-7-20/h4-12H,13-14H2,1-3H3,(H,25,28). The van der Waals surface area contributed by atoms with Gasteiger partial charge < -0.3 is 14.6 Å². The van der Waals surface area contributed by atoms with Gasteiger partial charge in [-0.15, -0.1) is 11.8 Å². The normalized spacial score (nSPS) is 10.7. The van der Waals surface area contributed by atoms with Gasteiger partial charge in [0.1, 0.15) is 6.54 Å². The number of rotatable bonds is 7. The highest BCUT2D eigenvalue weighted by Crippen LogP contribution is 2.24. The van der Waals surface area contributed by atoms with Crippen LogP contribution >= 0.6 is 23.4 Å². The van der Waals surface area contributed by atoms with E-state index in [2.05, 4.69) is 5.32 Å². The van der Waals surface area contributed by atoms with Crippen LogP contribution in [0.2, 0.25) is 5.02 Å². The second kappa shape index (κ2) is 9.87. The van der Waals surface area contributed by atoms with Crippen LogP contribution in [0, 0.1) is 13.8 Å². The summed E-state index contributed by atoms with van der Waals surface area (Å²) in [6, 6.07) is 14.9. The maximum atomic E-state index is 12.7. The summed E-state index contributed by atoms with van der Waals surface area (Å²) in [5, 5.41) is 3.60. The highest BCUT2D eigenvalue weighted by Gasteiger charge is 2.12. The Bertz CT molecular complexity index is 1090. The van der Waals surface area contributed by atoms with E-state index < -0.39 is 0 Å². The van der Waals surface area contributed by atoms with Gasteiger partial charge in [-0.1, -0.05) is 17.7 Å². The number of aromatic nitrogens is 1. The average molecular weight is 443 g/mol. The van der Waals surface area contributed by atoms with Crippen molar-refractivity contribution in [3.63, 3.8) is 0 Å². The van der Waals surface area contributed by atoms with Gasteiger partial charge in [0, 0.05) is 33.1 Å². The predicted octanol–water partition coefficient (Wildman–Crippen LogP) is 5.06. The molecule has 1 N–H and O–H groups in total. The van der Waals surface area contributed by atoms with Crippen molar-refractivity contribution in [1.82, 2.24) is 4.57 Å². The van der Waals surface area contributed by atoms with Crippen molar-refractivity contribution < 1.29 is 9.53 Å². The molecule has 0 spiro atoms. The molecule has 2 aromatic carbocycles. The SMILES string of the molecule is COc1cn(CC(=O)Nc2cc(C)cc(C)c2)c(CSc2ccc(Cl)cc2)cc1=O. The van der Waals surface area contributed by atoms with Crippen LogP contribution in [-0.2, 0) is 17.1 Å². The first-order chi connectivity index (χ1) is 14.3. The molecule has 7 heteroatoms. The van der Waals surface area contributed by atoms with Crippen molar-refractivity contribution in [1.29, 1.82) is 0 Å². The molecule has 0 radical (unpaired) electrons. The van der Waals surface area contributed by atoms with E-state index in [-0.39, 0.29) is 23.6 Å². The number of amides is 1. The van der Waals surface area contributed by atoms with Crippen LogP contribution in [0.15, 0.2) is 64.4 Å². The molecule has 1 aromatic heterocycles. The Morgan fingerprint density at radius 2 is 1.77 bits per heavy atom. The quantitative estimate of drug-likeness (QED) is 0.519. The number of pyridine rings is 1. The Labute approximate surface area is 185 Å². The number of thioether (sulfide) groups is 1. The van der Waals surface area contributed by atoms with Crippen molar-refractivity contribution in [2.45, 2.75) is 31.0 Å². The van der Waals surface area contributed by atoms with Gasteiger partial charge in [0.05, 0.1) is 13.3 Å². The number of aryl methyl sites for hydroxylation is 2. The highest BCUT2D eigenvalue weighted by molar-refractivity contribution is 7.98. The van der Waals surface area contributed by atoms with Crippen molar-refractivity contribution in [2.24, 2.45) is 0 Å². The number of hydrogen-bond donors (Lipinski definition) is 1. The predicted molar refractivity (Wildman–Crippen MR) is 123 cm³/mol. The number of methoxy groups -OCH3 is 1. The lowest BCUT2D eigenvalue weighted by Gasteiger charge is -2.15. The number of nitrogens with one attached hydrogen (secondary N) is 1. The molecule has 0 fully saturated rings. The third kappa shape index (κ3) is 5.90. The van der Waals surface area contributed by atoms with Crippen LogP contribution in [0.4, 0.5) is 5.69 Å². The van der Waals surface area contributed by atoms with E-state index in [1.165, 1.54) is 13.2 Å². The third-order valence-corrected chi connectivity index (χ3v) is 5.72. The van der Waals surface area contributed by atoms with Gasteiger partial charge >= 0.3 is 0 Å². The van der Waals surface area contributed by atoms with Crippen molar-refractivity contribution in [2.75, 3.05) is 12.4 Å². The topological polar surface area (TPSA) is 60.3 Å². The van der Waals surface area contributed by atoms with Crippen LogP contribution in [0.5, 0.6) is 5.75 Å². The minimum Gasteiger partial charge on any atom is -0.491 e. The zero-order chi connectivity index (χ0) is 21.7. The molecule has 0 saturated carbocycles. The summed E-state index contributed by atoms with van der Waals surface area (Å²) in [5.41, 5.74) is 3.43. The van der Waals surface area contributed by atoms with Gasteiger partial charge in [0.15, 0.2) is 5.75 Å². The zero-order valence-corrected chi connectivity index (χ0v) is 18.6. The summed E-state index contributed by atoms with van der Waals surface area (Å²) in [6.45, 7) is 4.04. The van der Waals surface area contributed by atoms with Gasteiger partial charge in [0.25, 0.3) is 0 Å². The lowest BCUT2D eigenvalue weighted by atomic mass is 10.1. The molecule has 30 heavy (non-hydrogen) atoms. The second-order valence-corrected chi connectivity index (χ2v) is 8.48. The van der Waals surface area contributed by atoms with Crippen LogP contribution in [0.1, 0.15) is 16.8 Å². The Hall–Kier alpha value is -2.70. The Kier molecular flexibility index (Phi) is 7.24. The minimum atomic E-state index is -0.213. The number of ether oxygens (including phenoxy) is 1. The molecule has 156 valence electrons. The fraction of sp³-hybridized carbons (Fsp3) is 0.217. The molecular weight excluding hydrogens is 420 g/mol. The summed E-state index contributed by atoms with van der Waals surface area (Å²) >= 11 is 7.50. The van der Waals surface area contributed by atoms with Gasteiger partial charge in [-0.2, -0.15) is 0 Å². The van der Waals surface area contributed by atoms with Crippen LogP contribution in [-0.4, -0.2) is 17.6 Å². The first-order valence-corrected chi connectivity index (χ1v) is 10.7. The number of anilines is 1. The smallest absolute Gasteiger partial charge is 0.244 e. The molecule has 0 aliphatic rings. The minimum absolute atomic E-state index is 0.0696. The zero-order valence-electron chi connectivity index (χ0n) is 17.1. The lowest BCUT2D eigenvalue weighted by Crippen LogP contribution is -2.22. The number of halogens is 1. The fourth-order valence-corrected chi connectivity index (χ4v) is 4.13. The first-order valence-electron chi connectivity index (χ1n) is 9.38. The Morgan fingerprint density at radius 3 is 2.40 bits per heavy atom. The summed E-state index contributed by atoms with van der Waals surface area (Å²) < 4.78 is 6.91. The van der Waals surface area contributed by atoms with E-state index in [9.17, 15) is 9.59 Å². The molecule has 1 amide bonds. The molecular formula is C23H23ClN2O3S. The van der Waals surface area contributed by atoms with Gasteiger partial charge in [-0.3, -0.25) is 9.59 Å². The summed E-state index contributed by atoms with van der Waals surface area (Å²) in [6.07, 6.45) is 1.58. The van der Waals surface area contributed by atoms with Crippen LogP contribution < -0.4 is 15.5 Å². The maximum absolute atomic E-state index is 12.7. The van der Waals surface area contributed by atoms with E-state index in [0.29, 0.717) is 10.8 Å². The van der Waals surface area contributed by atoms with Crippen LogP contribution in [0.3, 0.4) is 0 Å². The molecule has 5 nitrogen and oxygen atoms in total. The number of nitrogens with zero attached hydrogens (tertiary/aromatic N) is 1. The number of carbonyl (C=O) groups excluding carboxylic acids is 1. The molecule has 3 rings (SSSR count). The van der Waals surface area contributed by atoms with E-state index in [1.54, 1.807) is 22.5 Å². The number of hydrogen-bond acceptors (Lipinski definition) is 4. The van der Waals surface area contributed by atoms with E-state index >= 15 is 0 Å². The van der Waals surface area contributed by atoms with E-state index in [4.69, 9.17) is 16.3 Å². The second-order valence-electron chi connectivity index (χ2n) is 6.99. The van der Waals surface area contributed by atoms with Crippen molar-refractivity contribution in [3.05, 3.63) is 86.8 Å². The largest absolute Gasteiger partial charge is 0.491 e. The van der Waals surface area contributed by atoms with E-state index in [1.807, 2.05) is 56.3 Å². The lowest BCUT2D eigenvalue weighted by molar-refractivity contribution is -0.116. The first kappa shape index (κ1) is 22.0. The van der Waals surface area contributed by atoms with Gasteiger partial charge in [-0.05, 0) is 61.4 Å². The van der Waals surface area contributed by atoms with Gasteiger partial charge in [-0.25, -0.2) is 0 Å². The highest BCUT2D eigenvalue weighted by atomic mass is 35.5. The molecule has 1 heterocycles. The Morgan fingerprint density at radius 1 is 1.10 bits per heavy atom. The summed E-state index contributed by atoms with van der Waals surface area (Å²) in [7, 11) is 1.44.